The summed E-state index contributed by atoms with van der Waals surface area (Å²) in [5.41, 5.74) is 0. The van der Waals surface area contributed by atoms with Crippen molar-refractivity contribution in [1.29, 1.82) is 0 Å². The topological polar surface area (TPSA) is 38.7 Å². The summed E-state index contributed by atoms with van der Waals surface area (Å²) >= 11 is 0. The Morgan fingerprint density at radius 2 is 2.31 bits per heavy atom. The highest BCUT2D eigenvalue weighted by Gasteiger charge is 1.94. The summed E-state index contributed by atoms with van der Waals surface area (Å²) in [7, 11) is 0.351. The minimum Gasteiger partial charge on any atom is -0.508 e. The van der Waals surface area contributed by atoms with Crippen LogP contribution in [0.25, 0.3) is 0 Å². The minimum atomic E-state index is 0.220. The Morgan fingerprint density at radius 3 is 3.00 bits per heavy atom. The first-order valence-corrected chi connectivity index (χ1v) is 5.21. The van der Waals surface area contributed by atoms with Gasteiger partial charge in [-0.15, -0.1) is 0 Å². The van der Waals surface area contributed by atoms with E-state index in [9.17, 15) is 0 Å². The highest BCUT2D eigenvalue weighted by Crippen LogP contribution is 2.20. The maximum absolute atomic E-state index is 9.11. The highest BCUT2D eigenvalue weighted by molar-refractivity contribution is 7.31. The van der Waals surface area contributed by atoms with Gasteiger partial charge < -0.3 is 14.4 Å². The van der Waals surface area contributed by atoms with Gasteiger partial charge in [-0.2, -0.15) is 0 Å². The highest BCUT2D eigenvalue weighted by atomic mass is 31.1. The molecule has 1 atom stereocenters. The van der Waals surface area contributed by atoms with Gasteiger partial charge in [-0.25, -0.2) is 0 Å². The molecule has 0 saturated heterocycles. The van der Waals surface area contributed by atoms with Crippen LogP contribution < -0.4 is 4.74 Å². The van der Waals surface area contributed by atoms with Gasteiger partial charge in [0.15, 0.2) is 0 Å². The largest absolute Gasteiger partial charge is 0.508 e. The predicted molar refractivity (Wildman–Crippen MR) is 53.5 cm³/mol. The lowest BCUT2D eigenvalue weighted by molar-refractivity contribution is 0.341. The second kappa shape index (κ2) is 5.79. The number of hydrogen-bond donors (Lipinski definition) is 1. The van der Waals surface area contributed by atoms with Gasteiger partial charge in [-0.3, -0.25) is 0 Å². The molecule has 1 aromatic carbocycles. The number of ether oxygens (including phenoxy) is 1. The third-order valence-electron chi connectivity index (χ3n) is 1.36. The van der Waals surface area contributed by atoms with Crippen molar-refractivity contribution in [3.63, 3.8) is 0 Å². The summed E-state index contributed by atoms with van der Waals surface area (Å²) in [5, 5.41) is 9.11. The molecular formula is C9H13O3P. The molecule has 1 aromatic rings. The van der Waals surface area contributed by atoms with Crippen LogP contribution >= 0.6 is 8.81 Å². The molecule has 0 heterocycles. The molecule has 1 N–H and O–H groups in total. The fourth-order valence-corrected chi connectivity index (χ4v) is 1.34. The smallest absolute Gasteiger partial charge is 0.129 e. The molecule has 0 fully saturated rings. The Hall–Kier alpha value is -0.790. The van der Waals surface area contributed by atoms with Crippen molar-refractivity contribution in [3.05, 3.63) is 24.3 Å². The first kappa shape index (κ1) is 10.3. The van der Waals surface area contributed by atoms with Crippen LogP contribution in [0.4, 0.5) is 0 Å². The van der Waals surface area contributed by atoms with Crippen molar-refractivity contribution in [2.75, 3.05) is 13.0 Å². The fraction of sp³-hybridized carbons (Fsp3) is 0.333. The van der Waals surface area contributed by atoms with Crippen LogP contribution in [0, 0.1) is 0 Å². The van der Waals surface area contributed by atoms with Gasteiger partial charge in [0.25, 0.3) is 0 Å². The lowest BCUT2D eigenvalue weighted by Crippen LogP contribution is -1.91. The molecular weight excluding hydrogens is 187 g/mol. The summed E-state index contributed by atoms with van der Waals surface area (Å²) in [6.45, 7) is 2.66. The molecule has 0 aliphatic heterocycles. The second-order valence-electron chi connectivity index (χ2n) is 2.36. The summed E-state index contributed by atoms with van der Waals surface area (Å²) in [4.78, 5) is 0. The van der Waals surface area contributed by atoms with Crippen LogP contribution in [0.3, 0.4) is 0 Å². The van der Waals surface area contributed by atoms with Crippen molar-refractivity contribution >= 4 is 8.81 Å². The molecule has 0 aromatic heterocycles. The van der Waals surface area contributed by atoms with E-state index >= 15 is 0 Å². The van der Waals surface area contributed by atoms with E-state index in [0.717, 1.165) is 0 Å². The van der Waals surface area contributed by atoms with Gasteiger partial charge in [-0.05, 0) is 19.1 Å². The number of benzene rings is 1. The lowest BCUT2D eigenvalue weighted by Gasteiger charge is -2.05. The molecule has 72 valence electrons. The van der Waals surface area contributed by atoms with E-state index in [0.29, 0.717) is 27.5 Å². The first-order valence-electron chi connectivity index (χ1n) is 4.09. The van der Waals surface area contributed by atoms with E-state index in [2.05, 4.69) is 0 Å². The van der Waals surface area contributed by atoms with Gasteiger partial charge >= 0.3 is 0 Å². The molecule has 3 nitrogen and oxygen atoms in total. The zero-order chi connectivity index (χ0) is 9.52. The molecule has 13 heavy (non-hydrogen) atoms. The Labute approximate surface area is 79.5 Å². The molecule has 0 bridgehead atoms. The zero-order valence-corrected chi connectivity index (χ0v) is 8.49. The lowest BCUT2D eigenvalue weighted by atomic mass is 10.3. The van der Waals surface area contributed by atoms with Gasteiger partial charge in [0.05, 0.1) is 8.81 Å². The van der Waals surface area contributed by atoms with Crippen molar-refractivity contribution in [2.24, 2.45) is 0 Å². The van der Waals surface area contributed by atoms with Crippen LogP contribution in [-0.2, 0) is 4.52 Å². The standard InChI is InChI=1S/C9H13O3P/c1-2-12-13-7-11-9-5-3-4-8(10)6-9/h3-6,10,13H,2,7H2,1H3. The van der Waals surface area contributed by atoms with Gasteiger partial charge in [0.1, 0.15) is 17.8 Å². The second-order valence-corrected chi connectivity index (χ2v) is 3.23. The maximum Gasteiger partial charge on any atom is 0.129 e. The number of phenolic OH excluding ortho intramolecular Hbond substituents is 1. The van der Waals surface area contributed by atoms with E-state index in [1.54, 1.807) is 24.3 Å². The van der Waals surface area contributed by atoms with Gasteiger partial charge in [0, 0.05) is 12.7 Å². The van der Waals surface area contributed by atoms with Crippen LogP contribution in [0.5, 0.6) is 11.5 Å². The summed E-state index contributed by atoms with van der Waals surface area (Å²) in [6.07, 6.45) is 0.539. The number of rotatable bonds is 5. The quantitative estimate of drug-likeness (QED) is 0.585. The van der Waals surface area contributed by atoms with Crippen molar-refractivity contribution < 1.29 is 14.4 Å². The third-order valence-corrected chi connectivity index (χ3v) is 2.12. The zero-order valence-electron chi connectivity index (χ0n) is 7.49. The minimum absolute atomic E-state index is 0.220. The third kappa shape index (κ3) is 4.11. The summed E-state index contributed by atoms with van der Waals surface area (Å²) in [6, 6.07) is 6.73. The summed E-state index contributed by atoms with van der Waals surface area (Å²) in [5.74, 6) is 0.893. The summed E-state index contributed by atoms with van der Waals surface area (Å²) < 4.78 is 10.4. The number of hydrogen-bond acceptors (Lipinski definition) is 3. The van der Waals surface area contributed by atoms with E-state index < -0.39 is 0 Å². The average Bonchev–Trinajstić information content (AvgIpc) is 2.13. The Balaban J connectivity index is 2.28. The number of phenols is 1. The average molecular weight is 200 g/mol. The molecule has 0 amide bonds. The Morgan fingerprint density at radius 1 is 1.46 bits per heavy atom. The number of aromatic hydroxyl groups is 1. The molecule has 1 rings (SSSR count). The predicted octanol–water partition coefficient (Wildman–Crippen LogP) is 2.36. The maximum atomic E-state index is 9.11. The van der Waals surface area contributed by atoms with Crippen LogP contribution in [-0.4, -0.2) is 18.1 Å². The Kier molecular flexibility index (Phi) is 4.58. The van der Waals surface area contributed by atoms with Gasteiger partial charge in [-0.1, -0.05) is 6.07 Å². The van der Waals surface area contributed by atoms with Crippen molar-refractivity contribution in [1.82, 2.24) is 0 Å². The Bertz CT molecular complexity index is 252. The van der Waals surface area contributed by atoms with Crippen LogP contribution in [0.15, 0.2) is 24.3 Å². The molecule has 0 spiro atoms. The van der Waals surface area contributed by atoms with Gasteiger partial charge in [0.2, 0.25) is 0 Å². The van der Waals surface area contributed by atoms with E-state index in [1.165, 1.54) is 0 Å². The molecule has 0 saturated carbocycles. The van der Waals surface area contributed by atoms with E-state index in [4.69, 9.17) is 14.4 Å². The van der Waals surface area contributed by atoms with Crippen LogP contribution in [0.1, 0.15) is 6.92 Å². The monoisotopic (exact) mass is 200 g/mol. The molecule has 0 radical (unpaired) electrons. The van der Waals surface area contributed by atoms with Crippen molar-refractivity contribution in [2.45, 2.75) is 6.92 Å². The first-order chi connectivity index (χ1) is 6.33. The molecule has 0 aliphatic rings. The molecule has 1 unspecified atom stereocenters. The molecule has 4 heteroatoms. The van der Waals surface area contributed by atoms with Crippen LogP contribution in [0.2, 0.25) is 0 Å². The SMILES string of the molecule is CCOPCOc1cccc(O)c1. The van der Waals surface area contributed by atoms with Crippen molar-refractivity contribution in [3.8, 4) is 11.5 Å². The fourth-order valence-electron chi connectivity index (χ4n) is 0.830. The normalized spacial score (nSPS) is 10.8. The molecule has 0 aliphatic carbocycles. The van der Waals surface area contributed by atoms with E-state index in [-0.39, 0.29) is 5.75 Å². The van der Waals surface area contributed by atoms with E-state index in [1.807, 2.05) is 6.92 Å².